The van der Waals surface area contributed by atoms with Crippen molar-refractivity contribution in [2.45, 2.75) is 30.4 Å². The Kier molecular flexibility index (Phi) is 7.85. The quantitative estimate of drug-likeness (QED) is 0.163. The van der Waals surface area contributed by atoms with Gasteiger partial charge in [0.25, 0.3) is 0 Å². The van der Waals surface area contributed by atoms with Gasteiger partial charge in [-0.15, -0.1) is 0 Å². The van der Waals surface area contributed by atoms with Crippen LogP contribution in [0.4, 0.5) is 17.1 Å². The maximum atomic E-state index is 2.51. The van der Waals surface area contributed by atoms with Crippen LogP contribution in [-0.4, -0.2) is 0 Å². The van der Waals surface area contributed by atoms with Gasteiger partial charge in [0.05, 0.1) is 10.8 Å². The van der Waals surface area contributed by atoms with E-state index in [4.69, 9.17) is 0 Å². The zero-order chi connectivity index (χ0) is 43.8. The Morgan fingerprint density at radius 2 is 0.612 bits per heavy atom. The Balaban J connectivity index is 0.989. The fourth-order valence-corrected chi connectivity index (χ4v) is 14.9. The van der Waals surface area contributed by atoms with Crippen molar-refractivity contribution in [3.05, 3.63) is 281 Å². The summed E-state index contributed by atoms with van der Waals surface area (Å²) < 4.78 is 0. The summed E-state index contributed by atoms with van der Waals surface area (Å²) in [6.45, 7) is 0. The molecule has 0 saturated carbocycles. The molecular formula is C64H39NS2. The fraction of sp³-hybridized carbons (Fsp3) is 0.0312. The molecule has 4 aliphatic rings. The molecule has 2 heterocycles. The zero-order valence-electron chi connectivity index (χ0n) is 36.3. The van der Waals surface area contributed by atoms with Gasteiger partial charge in [-0.25, -0.2) is 0 Å². The van der Waals surface area contributed by atoms with E-state index in [0.29, 0.717) is 0 Å². The number of hydrogen-bond acceptors (Lipinski definition) is 3. The van der Waals surface area contributed by atoms with Gasteiger partial charge in [0, 0.05) is 36.6 Å². The highest BCUT2D eigenvalue weighted by Gasteiger charge is 2.52. The summed E-state index contributed by atoms with van der Waals surface area (Å²) in [5, 5.41) is 5.01. The lowest BCUT2D eigenvalue weighted by atomic mass is 9.67. The minimum Gasteiger partial charge on any atom is -0.310 e. The SMILES string of the molecule is c1ccc2c(c1)Sc1ccccc1C21c2ccccc2-c2cc(N(c3ccc4c(c3)-c3ccccc3C43c4ccccc4Sc4ccccc43)c3ccc4c(ccc5ccccc54)c3)ccc21. The van der Waals surface area contributed by atoms with E-state index in [-0.39, 0.29) is 0 Å². The van der Waals surface area contributed by atoms with Gasteiger partial charge in [-0.05, 0) is 149 Å². The summed E-state index contributed by atoms with van der Waals surface area (Å²) in [4.78, 5) is 7.77. The highest BCUT2D eigenvalue weighted by Crippen LogP contribution is 2.65. The van der Waals surface area contributed by atoms with Gasteiger partial charge in [-0.3, -0.25) is 0 Å². The van der Waals surface area contributed by atoms with E-state index in [0.717, 1.165) is 17.1 Å². The Morgan fingerprint density at radius 1 is 0.254 bits per heavy atom. The van der Waals surface area contributed by atoms with Crippen LogP contribution in [-0.2, 0) is 10.8 Å². The van der Waals surface area contributed by atoms with Crippen LogP contribution in [0.3, 0.4) is 0 Å². The molecular weight excluding hydrogens is 847 g/mol. The molecule has 0 bridgehead atoms. The normalized spacial score (nSPS) is 14.7. The molecule has 2 spiro atoms. The molecule has 2 aliphatic heterocycles. The van der Waals surface area contributed by atoms with E-state index in [1.54, 1.807) is 0 Å². The lowest BCUT2D eigenvalue weighted by Crippen LogP contribution is -2.32. The van der Waals surface area contributed by atoms with Crippen molar-refractivity contribution in [3.63, 3.8) is 0 Å². The van der Waals surface area contributed by atoms with Crippen molar-refractivity contribution >= 4 is 62.1 Å². The van der Waals surface area contributed by atoms with E-state index in [1.165, 1.54) is 108 Å². The van der Waals surface area contributed by atoms with Crippen LogP contribution in [0.15, 0.2) is 256 Å². The summed E-state index contributed by atoms with van der Waals surface area (Å²) in [5.41, 5.74) is 18.4. The molecule has 0 aromatic heterocycles. The Morgan fingerprint density at radius 3 is 1.12 bits per heavy atom. The molecule has 0 N–H and O–H groups in total. The summed E-state index contributed by atoms with van der Waals surface area (Å²) in [6.07, 6.45) is 0. The third kappa shape index (κ3) is 4.97. The first-order chi connectivity index (χ1) is 33.2. The van der Waals surface area contributed by atoms with E-state index in [2.05, 4.69) is 241 Å². The predicted molar refractivity (Wildman–Crippen MR) is 279 cm³/mol. The molecule has 0 atom stereocenters. The van der Waals surface area contributed by atoms with Gasteiger partial charge in [0.1, 0.15) is 0 Å². The molecule has 11 aromatic rings. The van der Waals surface area contributed by atoms with Crippen molar-refractivity contribution in [1.29, 1.82) is 0 Å². The van der Waals surface area contributed by atoms with Crippen LogP contribution in [0.5, 0.6) is 0 Å². The second-order valence-corrected chi connectivity index (χ2v) is 20.4. The number of rotatable bonds is 3. The fourth-order valence-electron chi connectivity index (χ4n) is 12.6. The number of nitrogens with zero attached hydrogens (tertiary/aromatic N) is 1. The van der Waals surface area contributed by atoms with Crippen molar-refractivity contribution in [2.75, 3.05) is 4.90 Å². The molecule has 1 nitrogen and oxygen atoms in total. The minimum absolute atomic E-state index is 0.436. The van der Waals surface area contributed by atoms with E-state index >= 15 is 0 Å². The van der Waals surface area contributed by atoms with E-state index < -0.39 is 10.8 Å². The third-order valence-corrected chi connectivity index (χ3v) is 17.5. The maximum Gasteiger partial charge on any atom is 0.0735 e. The lowest BCUT2D eigenvalue weighted by molar-refractivity contribution is 0.722. The zero-order valence-corrected chi connectivity index (χ0v) is 37.9. The van der Waals surface area contributed by atoms with E-state index in [1.807, 2.05) is 23.5 Å². The van der Waals surface area contributed by atoms with Gasteiger partial charge in [-0.1, -0.05) is 199 Å². The smallest absolute Gasteiger partial charge is 0.0735 e. The van der Waals surface area contributed by atoms with Gasteiger partial charge in [-0.2, -0.15) is 0 Å². The predicted octanol–water partition coefficient (Wildman–Crippen LogP) is 17.1. The molecule has 0 amide bonds. The van der Waals surface area contributed by atoms with Crippen LogP contribution in [0.25, 0.3) is 43.8 Å². The number of benzene rings is 11. The molecule has 0 fully saturated rings. The monoisotopic (exact) mass is 885 g/mol. The summed E-state index contributed by atoms with van der Waals surface area (Å²) in [6, 6.07) is 89.5. The molecule has 11 aromatic carbocycles. The molecule has 312 valence electrons. The highest BCUT2D eigenvalue weighted by molar-refractivity contribution is 7.99. The molecule has 15 rings (SSSR count). The highest BCUT2D eigenvalue weighted by atomic mass is 32.2. The van der Waals surface area contributed by atoms with Crippen molar-refractivity contribution < 1.29 is 0 Å². The maximum absolute atomic E-state index is 2.51. The van der Waals surface area contributed by atoms with E-state index in [9.17, 15) is 0 Å². The topological polar surface area (TPSA) is 3.24 Å². The van der Waals surface area contributed by atoms with Gasteiger partial charge in [0.2, 0.25) is 0 Å². The first-order valence-electron chi connectivity index (χ1n) is 23.2. The Labute approximate surface area is 398 Å². The first kappa shape index (κ1) is 37.6. The number of anilines is 3. The molecule has 3 heteroatoms. The van der Waals surface area contributed by atoms with Crippen molar-refractivity contribution in [1.82, 2.24) is 0 Å². The van der Waals surface area contributed by atoms with Crippen LogP contribution in [0.1, 0.15) is 44.5 Å². The van der Waals surface area contributed by atoms with Gasteiger partial charge >= 0.3 is 0 Å². The number of fused-ring (bicyclic) bond motifs is 21. The van der Waals surface area contributed by atoms with Gasteiger partial charge < -0.3 is 4.90 Å². The molecule has 67 heavy (non-hydrogen) atoms. The largest absolute Gasteiger partial charge is 0.310 e. The second kappa shape index (κ2) is 14.0. The first-order valence-corrected chi connectivity index (χ1v) is 24.8. The minimum atomic E-state index is -0.436. The van der Waals surface area contributed by atoms with Crippen LogP contribution in [0, 0.1) is 0 Å². The summed E-state index contributed by atoms with van der Waals surface area (Å²) >= 11 is 3.79. The average Bonchev–Trinajstić information content (AvgIpc) is 3.84. The van der Waals surface area contributed by atoms with Crippen LogP contribution < -0.4 is 4.90 Å². The lowest BCUT2D eigenvalue weighted by Gasteiger charge is -2.40. The average molecular weight is 886 g/mol. The molecule has 2 aliphatic carbocycles. The molecule has 0 unspecified atom stereocenters. The molecule has 0 radical (unpaired) electrons. The standard InChI is InChI=1S/C64H39NS2/c1-2-16-45-40(15-1)29-30-41-37-42(31-34-46(41)45)65(43-32-35-53-49(38-43)47-17-3-5-19-51(47)63(53)55-21-7-11-25-59(55)66-60-26-12-8-22-56(60)63)44-33-36-54-50(39-44)48-18-4-6-20-52(48)64(54)57-23-9-13-27-61(57)67-62-28-14-10-24-58(62)64/h1-39H. The van der Waals surface area contributed by atoms with Crippen LogP contribution in [0.2, 0.25) is 0 Å². The number of hydrogen-bond donors (Lipinski definition) is 0. The second-order valence-electron chi connectivity index (χ2n) is 18.3. The Bertz CT molecular complexity index is 3630. The summed E-state index contributed by atoms with van der Waals surface area (Å²) in [7, 11) is 0. The third-order valence-electron chi connectivity index (χ3n) is 15.2. The van der Waals surface area contributed by atoms with Crippen molar-refractivity contribution in [2.24, 2.45) is 0 Å². The van der Waals surface area contributed by atoms with Gasteiger partial charge in [0.15, 0.2) is 0 Å². The Hall–Kier alpha value is -7.56. The molecule has 0 saturated heterocycles. The van der Waals surface area contributed by atoms with Crippen LogP contribution >= 0.6 is 23.5 Å². The van der Waals surface area contributed by atoms with Crippen molar-refractivity contribution in [3.8, 4) is 22.3 Å². The summed E-state index contributed by atoms with van der Waals surface area (Å²) in [5.74, 6) is 0.